The van der Waals surface area contributed by atoms with Crippen LogP contribution in [0.2, 0.25) is 0 Å². The van der Waals surface area contributed by atoms with Crippen LogP contribution in [-0.2, 0) is 19.6 Å². The van der Waals surface area contributed by atoms with Crippen LogP contribution in [0.15, 0.2) is 24.3 Å². The monoisotopic (exact) mass is 230 g/mol. The van der Waals surface area contributed by atoms with Crippen molar-refractivity contribution in [1.82, 2.24) is 14.8 Å². The van der Waals surface area contributed by atoms with Crippen LogP contribution < -0.4 is 10.5 Å². The Hall–Kier alpha value is -2.04. The maximum Gasteiger partial charge on any atom is 0.171 e. The number of ether oxygens (including phenoxy) is 1. The Balaban J connectivity index is 1.74. The number of para-hydroxylation sites is 2. The summed E-state index contributed by atoms with van der Waals surface area (Å²) in [6.07, 6.45) is 2.16. The van der Waals surface area contributed by atoms with Gasteiger partial charge in [-0.25, -0.2) is 0 Å². The smallest absolute Gasteiger partial charge is 0.171 e. The van der Waals surface area contributed by atoms with Crippen molar-refractivity contribution in [2.45, 2.75) is 26.0 Å². The van der Waals surface area contributed by atoms with Crippen LogP contribution in [0.1, 0.15) is 18.1 Å². The molecule has 0 saturated heterocycles. The lowest BCUT2D eigenvalue weighted by atomic mass is 10.3. The highest BCUT2D eigenvalue weighted by molar-refractivity contribution is 5.51. The van der Waals surface area contributed by atoms with E-state index in [1.54, 1.807) is 0 Å². The van der Waals surface area contributed by atoms with Gasteiger partial charge in [-0.1, -0.05) is 12.1 Å². The molecule has 1 aliphatic heterocycles. The summed E-state index contributed by atoms with van der Waals surface area (Å²) in [7, 11) is 0. The number of rotatable bonds is 3. The molecule has 88 valence electrons. The fourth-order valence-corrected chi connectivity index (χ4v) is 2.07. The van der Waals surface area contributed by atoms with E-state index in [0.717, 1.165) is 31.0 Å². The molecular formula is C12H14N4O. The number of anilines is 1. The van der Waals surface area contributed by atoms with E-state index in [-0.39, 0.29) is 0 Å². The minimum Gasteiger partial charge on any atom is -0.483 e. The molecule has 2 aromatic rings. The number of nitrogens with two attached hydrogens (primary N) is 1. The third-order valence-corrected chi connectivity index (χ3v) is 2.96. The lowest BCUT2D eigenvalue weighted by Crippen LogP contribution is -2.06. The summed E-state index contributed by atoms with van der Waals surface area (Å²) in [4.78, 5) is 0. The molecule has 0 unspecified atom stereocenters. The fourth-order valence-electron chi connectivity index (χ4n) is 2.07. The second kappa shape index (κ2) is 4.08. The second-order valence-corrected chi connectivity index (χ2v) is 4.11. The van der Waals surface area contributed by atoms with Crippen molar-refractivity contribution >= 4 is 5.69 Å². The van der Waals surface area contributed by atoms with Gasteiger partial charge in [0.1, 0.15) is 18.2 Å². The quantitative estimate of drug-likeness (QED) is 0.809. The Bertz CT molecular complexity index is 535. The van der Waals surface area contributed by atoms with Gasteiger partial charge in [0.2, 0.25) is 0 Å². The third-order valence-electron chi connectivity index (χ3n) is 2.96. The number of benzene rings is 1. The minimum atomic E-state index is 0.418. The molecule has 17 heavy (non-hydrogen) atoms. The summed E-state index contributed by atoms with van der Waals surface area (Å²) in [6.45, 7) is 1.41. The molecule has 0 saturated carbocycles. The van der Waals surface area contributed by atoms with Crippen molar-refractivity contribution in [2.75, 3.05) is 5.73 Å². The minimum absolute atomic E-state index is 0.418. The van der Waals surface area contributed by atoms with Crippen molar-refractivity contribution < 1.29 is 4.74 Å². The summed E-state index contributed by atoms with van der Waals surface area (Å²) in [5, 5.41) is 8.26. The Labute approximate surface area is 99.2 Å². The number of nitrogens with zero attached hydrogens (tertiary/aromatic N) is 3. The predicted octanol–water partition coefficient (Wildman–Crippen LogP) is 1.39. The normalized spacial score (nSPS) is 13.6. The van der Waals surface area contributed by atoms with Gasteiger partial charge in [0, 0.05) is 13.0 Å². The van der Waals surface area contributed by atoms with E-state index in [0.29, 0.717) is 18.0 Å². The Morgan fingerprint density at radius 2 is 2.18 bits per heavy atom. The molecule has 0 spiro atoms. The molecular weight excluding hydrogens is 216 g/mol. The summed E-state index contributed by atoms with van der Waals surface area (Å²) in [5.41, 5.74) is 6.45. The summed E-state index contributed by atoms with van der Waals surface area (Å²) < 4.78 is 7.78. The first-order valence-corrected chi connectivity index (χ1v) is 5.73. The van der Waals surface area contributed by atoms with E-state index < -0.39 is 0 Å². The Morgan fingerprint density at radius 1 is 1.29 bits per heavy atom. The zero-order chi connectivity index (χ0) is 11.7. The first-order chi connectivity index (χ1) is 8.34. The average molecular weight is 230 g/mol. The van der Waals surface area contributed by atoms with Crippen LogP contribution in [-0.4, -0.2) is 14.8 Å². The SMILES string of the molecule is Nc1ccccc1OCc1nnc2n1CCC2. The number of hydrogen-bond donors (Lipinski definition) is 1. The molecule has 0 fully saturated rings. The number of fused-ring (bicyclic) bond motifs is 1. The first-order valence-electron chi connectivity index (χ1n) is 5.73. The van der Waals surface area contributed by atoms with Crippen molar-refractivity contribution in [2.24, 2.45) is 0 Å². The highest BCUT2D eigenvalue weighted by Gasteiger charge is 2.17. The summed E-state index contributed by atoms with van der Waals surface area (Å²) in [5.74, 6) is 2.63. The van der Waals surface area contributed by atoms with Gasteiger partial charge < -0.3 is 15.0 Å². The molecule has 0 atom stereocenters. The standard InChI is InChI=1S/C12H14N4O/c13-9-4-1-2-5-10(9)17-8-12-15-14-11-6-3-7-16(11)12/h1-2,4-5H,3,6-8,13H2. The van der Waals surface area contributed by atoms with E-state index in [2.05, 4.69) is 14.8 Å². The van der Waals surface area contributed by atoms with Crippen LogP contribution in [0, 0.1) is 0 Å². The molecule has 5 nitrogen and oxygen atoms in total. The van der Waals surface area contributed by atoms with Crippen LogP contribution in [0.25, 0.3) is 0 Å². The van der Waals surface area contributed by atoms with Gasteiger partial charge in [0.25, 0.3) is 0 Å². The number of hydrogen-bond acceptors (Lipinski definition) is 4. The lowest BCUT2D eigenvalue weighted by molar-refractivity contribution is 0.291. The highest BCUT2D eigenvalue weighted by atomic mass is 16.5. The average Bonchev–Trinajstić information content (AvgIpc) is 2.91. The zero-order valence-electron chi connectivity index (χ0n) is 9.47. The Morgan fingerprint density at radius 3 is 3.06 bits per heavy atom. The highest BCUT2D eigenvalue weighted by Crippen LogP contribution is 2.21. The molecule has 2 heterocycles. The molecule has 2 N–H and O–H groups in total. The van der Waals surface area contributed by atoms with Crippen LogP contribution in [0.5, 0.6) is 5.75 Å². The third kappa shape index (κ3) is 1.84. The van der Waals surface area contributed by atoms with E-state index >= 15 is 0 Å². The van der Waals surface area contributed by atoms with Crippen molar-refractivity contribution in [3.63, 3.8) is 0 Å². The van der Waals surface area contributed by atoms with Gasteiger partial charge in [0.15, 0.2) is 5.82 Å². The summed E-state index contributed by atoms with van der Waals surface area (Å²) in [6, 6.07) is 7.47. The molecule has 0 amide bonds. The Kier molecular flexibility index (Phi) is 2.44. The molecule has 0 radical (unpaired) electrons. The first kappa shape index (κ1) is 10.1. The molecule has 3 rings (SSSR count). The largest absolute Gasteiger partial charge is 0.483 e. The van der Waals surface area contributed by atoms with Crippen LogP contribution >= 0.6 is 0 Å². The van der Waals surface area contributed by atoms with Crippen molar-refractivity contribution in [3.8, 4) is 5.75 Å². The van der Waals surface area contributed by atoms with Gasteiger partial charge in [-0.15, -0.1) is 10.2 Å². The summed E-state index contributed by atoms with van der Waals surface area (Å²) >= 11 is 0. The molecule has 5 heteroatoms. The maximum atomic E-state index is 5.80. The topological polar surface area (TPSA) is 66.0 Å². The second-order valence-electron chi connectivity index (χ2n) is 4.11. The fraction of sp³-hybridized carbons (Fsp3) is 0.333. The maximum absolute atomic E-state index is 5.80. The van der Waals surface area contributed by atoms with Crippen LogP contribution in [0.4, 0.5) is 5.69 Å². The molecule has 1 aromatic carbocycles. The van der Waals surface area contributed by atoms with Crippen molar-refractivity contribution in [1.29, 1.82) is 0 Å². The van der Waals surface area contributed by atoms with E-state index in [1.807, 2.05) is 24.3 Å². The zero-order valence-corrected chi connectivity index (χ0v) is 9.47. The van der Waals surface area contributed by atoms with E-state index in [4.69, 9.17) is 10.5 Å². The van der Waals surface area contributed by atoms with Crippen LogP contribution in [0.3, 0.4) is 0 Å². The number of aryl methyl sites for hydroxylation is 1. The lowest BCUT2D eigenvalue weighted by Gasteiger charge is -2.08. The molecule has 0 bridgehead atoms. The predicted molar refractivity (Wildman–Crippen MR) is 63.5 cm³/mol. The van der Waals surface area contributed by atoms with E-state index in [9.17, 15) is 0 Å². The van der Waals surface area contributed by atoms with E-state index in [1.165, 1.54) is 0 Å². The number of aromatic nitrogens is 3. The van der Waals surface area contributed by atoms with Gasteiger partial charge in [-0.3, -0.25) is 0 Å². The van der Waals surface area contributed by atoms with Gasteiger partial charge in [0.05, 0.1) is 5.69 Å². The van der Waals surface area contributed by atoms with Gasteiger partial charge in [-0.2, -0.15) is 0 Å². The molecule has 1 aromatic heterocycles. The number of nitrogen functional groups attached to an aromatic ring is 1. The van der Waals surface area contributed by atoms with Gasteiger partial charge >= 0.3 is 0 Å². The van der Waals surface area contributed by atoms with Crippen molar-refractivity contribution in [3.05, 3.63) is 35.9 Å². The van der Waals surface area contributed by atoms with Gasteiger partial charge in [-0.05, 0) is 18.6 Å². The molecule has 0 aliphatic carbocycles. The molecule has 1 aliphatic rings.